The third kappa shape index (κ3) is 4.48. The number of fused-ring (bicyclic) bond motifs is 1. The molecule has 0 saturated heterocycles. The molecule has 0 radical (unpaired) electrons. The van der Waals surface area contributed by atoms with Crippen LogP contribution in [0.1, 0.15) is 60.2 Å². The summed E-state index contributed by atoms with van der Waals surface area (Å²) in [5.74, 6) is 1.52. The fraction of sp³-hybridized carbons (Fsp3) is 0.458. The first-order valence-corrected chi connectivity index (χ1v) is 10.2. The summed E-state index contributed by atoms with van der Waals surface area (Å²) in [5.41, 5.74) is 5.09. The van der Waals surface area contributed by atoms with Crippen LogP contribution in [-0.2, 0) is 16.0 Å². The lowest BCUT2D eigenvalue weighted by Crippen LogP contribution is -2.40. The number of pyridine rings is 1. The summed E-state index contributed by atoms with van der Waals surface area (Å²) < 4.78 is 11.9. The van der Waals surface area contributed by atoms with Gasteiger partial charge in [-0.3, -0.25) is 9.59 Å². The molecule has 30 heavy (non-hydrogen) atoms. The first-order valence-electron chi connectivity index (χ1n) is 10.2. The van der Waals surface area contributed by atoms with E-state index in [4.69, 9.17) is 9.47 Å². The van der Waals surface area contributed by atoms with Gasteiger partial charge in [0, 0.05) is 18.2 Å². The summed E-state index contributed by atoms with van der Waals surface area (Å²) >= 11 is 0. The maximum Gasteiger partial charge on any atom is 0.308 e. The van der Waals surface area contributed by atoms with Gasteiger partial charge >= 0.3 is 5.97 Å². The molecule has 1 aliphatic rings. The summed E-state index contributed by atoms with van der Waals surface area (Å²) in [7, 11) is 0. The van der Waals surface area contributed by atoms with E-state index in [1.807, 2.05) is 53.7 Å². The predicted octanol–water partition coefficient (Wildman–Crippen LogP) is 4.66. The maximum absolute atomic E-state index is 12.7. The lowest BCUT2D eigenvalue weighted by molar-refractivity contribution is -0.132. The molecule has 3 rings (SSSR count). The van der Waals surface area contributed by atoms with Crippen LogP contribution in [0, 0.1) is 34.6 Å². The molecule has 1 aliphatic heterocycles. The number of benzene rings is 1. The number of rotatable bonds is 4. The van der Waals surface area contributed by atoms with Crippen LogP contribution in [-0.4, -0.2) is 22.5 Å². The number of ether oxygens (including phenoxy) is 2. The highest BCUT2D eigenvalue weighted by Gasteiger charge is 2.36. The van der Waals surface area contributed by atoms with Crippen LogP contribution in [0.2, 0.25) is 0 Å². The van der Waals surface area contributed by atoms with E-state index in [-0.39, 0.29) is 18.3 Å². The number of hydrogen-bond acceptors (Lipinski definition) is 5. The van der Waals surface area contributed by atoms with Crippen molar-refractivity contribution in [3.63, 3.8) is 0 Å². The molecule has 0 fully saturated rings. The Kier molecular flexibility index (Phi) is 5.88. The molecule has 2 aromatic rings. The predicted molar refractivity (Wildman–Crippen MR) is 116 cm³/mol. The quantitative estimate of drug-likeness (QED) is 0.586. The van der Waals surface area contributed by atoms with Gasteiger partial charge in [-0.05, 0) is 88.8 Å². The third-order valence-electron chi connectivity index (χ3n) is 5.71. The normalized spacial score (nSPS) is 17.7. The summed E-state index contributed by atoms with van der Waals surface area (Å²) in [5, 5.41) is 2.90. The second-order valence-corrected chi connectivity index (χ2v) is 8.55. The Bertz CT molecular complexity index is 1010. The monoisotopic (exact) mass is 410 g/mol. The van der Waals surface area contributed by atoms with E-state index in [2.05, 4.69) is 10.3 Å². The Balaban J connectivity index is 1.82. The summed E-state index contributed by atoms with van der Waals surface area (Å²) in [6, 6.07) is 3.83. The molecule has 1 unspecified atom stereocenters. The van der Waals surface area contributed by atoms with Crippen molar-refractivity contribution < 1.29 is 19.1 Å². The average molecular weight is 411 g/mol. The molecule has 0 bridgehead atoms. The van der Waals surface area contributed by atoms with Crippen molar-refractivity contribution in [2.75, 3.05) is 5.32 Å². The summed E-state index contributed by atoms with van der Waals surface area (Å²) in [4.78, 5) is 28.6. The third-order valence-corrected chi connectivity index (χ3v) is 5.71. The van der Waals surface area contributed by atoms with Crippen LogP contribution >= 0.6 is 0 Å². The van der Waals surface area contributed by atoms with Crippen molar-refractivity contribution in [1.29, 1.82) is 0 Å². The van der Waals surface area contributed by atoms with Gasteiger partial charge in [-0.1, -0.05) is 0 Å². The minimum Gasteiger partial charge on any atom is -0.486 e. The SMILES string of the molecule is CC(=O)Oc1c(C)c(C)c2c(c1C)CCC(C)(CC(=O)Nc1cc(C)cc(C)n1)O2. The Morgan fingerprint density at radius 2 is 1.83 bits per heavy atom. The number of aryl methyl sites for hydroxylation is 2. The van der Waals surface area contributed by atoms with Crippen LogP contribution in [0.25, 0.3) is 0 Å². The number of amides is 1. The van der Waals surface area contributed by atoms with Crippen molar-refractivity contribution in [3.05, 3.63) is 45.6 Å². The highest BCUT2D eigenvalue weighted by molar-refractivity contribution is 5.90. The Hall–Kier alpha value is -2.89. The Morgan fingerprint density at radius 1 is 1.13 bits per heavy atom. The first kappa shape index (κ1) is 21.8. The first-order chi connectivity index (χ1) is 14.0. The molecule has 6 heteroatoms. The Morgan fingerprint density at radius 3 is 2.47 bits per heavy atom. The smallest absolute Gasteiger partial charge is 0.308 e. The highest BCUT2D eigenvalue weighted by atomic mass is 16.5. The number of esters is 1. The van der Waals surface area contributed by atoms with Gasteiger partial charge in [0.2, 0.25) is 5.91 Å². The molecule has 0 aliphatic carbocycles. The second-order valence-electron chi connectivity index (χ2n) is 8.55. The zero-order chi connectivity index (χ0) is 22.2. The molecule has 2 heterocycles. The van der Waals surface area contributed by atoms with Crippen LogP contribution in [0.3, 0.4) is 0 Å². The number of aromatic nitrogens is 1. The number of carbonyl (C=O) groups excluding carboxylic acids is 2. The fourth-order valence-corrected chi connectivity index (χ4v) is 4.13. The van der Waals surface area contributed by atoms with E-state index in [1.165, 1.54) is 6.92 Å². The fourth-order valence-electron chi connectivity index (χ4n) is 4.13. The number of nitrogens with one attached hydrogen (secondary N) is 1. The maximum atomic E-state index is 12.7. The van der Waals surface area contributed by atoms with Crippen molar-refractivity contribution in [2.45, 2.75) is 73.3 Å². The van der Waals surface area contributed by atoms with Crippen LogP contribution < -0.4 is 14.8 Å². The van der Waals surface area contributed by atoms with Gasteiger partial charge in [0.15, 0.2) is 0 Å². The number of hydrogen-bond donors (Lipinski definition) is 1. The zero-order valence-electron chi connectivity index (χ0n) is 18.9. The van der Waals surface area contributed by atoms with Gasteiger partial charge in [0.1, 0.15) is 22.9 Å². The second kappa shape index (κ2) is 8.09. The molecule has 1 amide bonds. The van der Waals surface area contributed by atoms with Gasteiger partial charge in [0.25, 0.3) is 0 Å². The molecular weight excluding hydrogens is 380 g/mol. The minimum atomic E-state index is -0.622. The molecule has 1 aromatic heterocycles. The molecule has 1 N–H and O–H groups in total. The van der Waals surface area contributed by atoms with Gasteiger partial charge < -0.3 is 14.8 Å². The molecule has 160 valence electrons. The zero-order valence-corrected chi connectivity index (χ0v) is 18.9. The van der Waals surface area contributed by atoms with E-state index in [0.717, 1.165) is 45.7 Å². The molecule has 1 aromatic carbocycles. The summed E-state index contributed by atoms with van der Waals surface area (Å²) in [6.45, 7) is 13.1. The lowest BCUT2D eigenvalue weighted by Gasteiger charge is -2.37. The van der Waals surface area contributed by atoms with Crippen LogP contribution in [0.4, 0.5) is 5.82 Å². The van der Waals surface area contributed by atoms with Gasteiger partial charge in [0.05, 0.1) is 6.42 Å². The van der Waals surface area contributed by atoms with Gasteiger partial charge in [-0.15, -0.1) is 0 Å². The summed E-state index contributed by atoms with van der Waals surface area (Å²) in [6.07, 6.45) is 1.67. The van der Waals surface area contributed by atoms with Crippen LogP contribution in [0.15, 0.2) is 12.1 Å². The molecule has 0 saturated carbocycles. The standard InChI is InChI=1S/C24H30N2O4/c1-13-10-14(2)25-20(11-13)26-21(28)12-24(7)9-8-19-17(5)22(29-18(6)27)15(3)16(4)23(19)30-24/h10-11H,8-9,12H2,1-7H3,(H,25,26,28). The minimum absolute atomic E-state index is 0.124. The number of carbonyl (C=O) groups is 2. The van der Waals surface area contributed by atoms with E-state index in [1.54, 1.807) is 0 Å². The Labute approximate surface area is 178 Å². The van der Waals surface area contributed by atoms with E-state index in [0.29, 0.717) is 18.0 Å². The molecule has 1 atom stereocenters. The van der Waals surface area contributed by atoms with Crippen molar-refractivity contribution in [3.8, 4) is 11.5 Å². The van der Waals surface area contributed by atoms with Crippen LogP contribution in [0.5, 0.6) is 11.5 Å². The largest absolute Gasteiger partial charge is 0.486 e. The van der Waals surface area contributed by atoms with E-state index in [9.17, 15) is 9.59 Å². The number of anilines is 1. The average Bonchev–Trinajstić information content (AvgIpc) is 2.61. The number of nitrogens with zero attached hydrogens (tertiary/aromatic N) is 1. The van der Waals surface area contributed by atoms with Crippen molar-refractivity contribution in [2.24, 2.45) is 0 Å². The van der Waals surface area contributed by atoms with Crippen molar-refractivity contribution >= 4 is 17.7 Å². The molecule has 0 spiro atoms. The molecular formula is C24H30N2O4. The lowest BCUT2D eigenvalue weighted by atomic mass is 9.85. The van der Waals surface area contributed by atoms with E-state index >= 15 is 0 Å². The molecule has 6 nitrogen and oxygen atoms in total. The van der Waals surface area contributed by atoms with Crippen molar-refractivity contribution in [1.82, 2.24) is 4.98 Å². The van der Waals surface area contributed by atoms with E-state index < -0.39 is 5.60 Å². The highest BCUT2D eigenvalue weighted by Crippen LogP contribution is 2.44. The topological polar surface area (TPSA) is 77.5 Å². The van der Waals surface area contributed by atoms with Gasteiger partial charge in [-0.25, -0.2) is 4.98 Å². The van der Waals surface area contributed by atoms with Gasteiger partial charge in [-0.2, -0.15) is 0 Å².